The van der Waals surface area contributed by atoms with Gasteiger partial charge in [-0.3, -0.25) is 4.79 Å². The van der Waals surface area contributed by atoms with E-state index >= 15 is 0 Å². The lowest BCUT2D eigenvalue weighted by Crippen LogP contribution is -2.01. The third kappa shape index (κ3) is 2.21. The molecule has 1 aliphatic rings. The molecule has 2 aromatic carbocycles. The summed E-state index contributed by atoms with van der Waals surface area (Å²) in [5.41, 5.74) is 2.05. The molecule has 0 radical (unpaired) electrons. The standard InChI is InChI=1S/C18H14O5/c1-10-5-12-13(19)7-16(23-17(12)8-15(10)20-2)11-3-4-14-18(6-11)22-9-21-14/h3-8H,9H2,1-2H3. The van der Waals surface area contributed by atoms with Gasteiger partial charge >= 0.3 is 0 Å². The highest BCUT2D eigenvalue weighted by Gasteiger charge is 2.16. The number of hydrogen-bond donors (Lipinski definition) is 0. The first-order valence-corrected chi connectivity index (χ1v) is 7.18. The van der Waals surface area contributed by atoms with Gasteiger partial charge in [-0.1, -0.05) is 0 Å². The van der Waals surface area contributed by atoms with Crippen LogP contribution in [0, 0.1) is 6.92 Å². The van der Waals surface area contributed by atoms with Crippen molar-refractivity contribution in [3.05, 3.63) is 52.2 Å². The summed E-state index contributed by atoms with van der Waals surface area (Å²) < 4.78 is 21.9. The molecule has 116 valence electrons. The molecular formula is C18H14O5. The SMILES string of the molecule is COc1cc2oc(-c3ccc4c(c3)OCO4)cc(=O)c2cc1C. The van der Waals surface area contributed by atoms with E-state index in [0.717, 1.165) is 11.1 Å². The first-order valence-electron chi connectivity index (χ1n) is 7.18. The van der Waals surface area contributed by atoms with Crippen LogP contribution in [0.4, 0.5) is 0 Å². The van der Waals surface area contributed by atoms with Gasteiger partial charge in [0.15, 0.2) is 16.9 Å². The number of hydrogen-bond acceptors (Lipinski definition) is 5. The molecule has 0 unspecified atom stereocenters. The summed E-state index contributed by atoms with van der Waals surface area (Å²) in [6.07, 6.45) is 0. The summed E-state index contributed by atoms with van der Waals surface area (Å²) >= 11 is 0. The Labute approximate surface area is 132 Å². The lowest BCUT2D eigenvalue weighted by atomic mass is 10.1. The zero-order valence-electron chi connectivity index (χ0n) is 12.7. The quantitative estimate of drug-likeness (QED) is 0.725. The Bertz CT molecular complexity index is 971. The van der Waals surface area contributed by atoms with Crippen molar-refractivity contribution in [3.63, 3.8) is 0 Å². The molecule has 3 aromatic rings. The zero-order valence-corrected chi connectivity index (χ0v) is 12.7. The van der Waals surface area contributed by atoms with Crippen LogP contribution in [0.5, 0.6) is 17.2 Å². The largest absolute Gasteiger partial charge is 0.496 e. The van der Waals surface area contributed by atoms with Gasteiger partial charge in [0.05, 0.1) is 12.5 Å². The predicted octanol–water partition coefficient (Wildman–Crippen LogP) is 3.51. The van der Waals surface area contributed by atoms with Crippen molar-refractivity contribution in [3.8, 4) is 28.6 Å². The molecular weight excluding hydrogens is 296 g/mol. The lowest BCUT2D eigenvalue weighted by Gasteiger charge is -2.08. The average molecular weight is 310 g/mol. The van der Waals surface area contributed by atoms with Crippen molar-refractivity contribution >= 4 is 11.0 Å². The van der Waals surface area contributed by atoms with Gasteiger partial charge < -0.3 is 18.6 Å². The fourth-order valence-electron chi connectivity index (χ4n) is 2.70. The van der Waals surface area contributed by atoms with E-state index in [1.54, 1.807) is 31.4 Å². The highest BCUT2D eigenvalue weighted by Crippen LogP contribution is 2.36. The molecule has 1 aliphatic heterocycles. The van der Waals surface area contributed by atoms with Crippen LogP contribution < -0.4 is 19.6 Å². The van der Waals surface area contributed by atoms with Crippen molar-refractivity contribution in [1.29, 1.82) is 0 Å². The van der Waals surface area contributed by atoms with Crippen LogP contribution in [-0.2, 0) is 0 Å². The maximum absolute atomic E-state index is 12.4. The van der Waals surface area contributed by atoms with E-state index in [1.165, 1.54) is 6.07 Å². The minimum absolute atomic E-state index is 0.0929. The van der Waals surface area contributed by atoms with Gasteiger partial charge in [-0.15, -0.1) is 0 Å². The molecule has 5 heteroatoms. The highest BCUT2D eigenvalue weighted by molar-refractivity contribution is 5.81. The van der Waals surface area contributed by atoms with Crippen LogP contribution in [0.2, 0.25) is 0 Å². The van der Waals surface area contributed by atoms with Gasteiger partial charge in [-0.05, 0) is 36.8 Å². The first-order chi connectivity index (χ1) is 11.2. The van der Waals surface area contributed by atoms with Crippen LogP contribution in [0.1, 0.15) is 5.56 Å². The molecule has 0 bridgehead atoms. The molecule has 0 saturated heterocycles. The molecule has 0 fully saturated rings. The topological polar surface area (TPSA) is 57.9 Å². The lowest BCUT2D eigenvalue weighted by molar-refractivity contribution is 0.174. The second kappa shape index (κ2) is 5.05. The van der Waals surface area contributed by atoms with Crippen LogP contribution in [0.15, 0.2) is 45.6 Å². The molecule has 0 spiro atoms. The Hall–Kier alpha value is -2.95. The van der Waals surface area contributed by atoms with Crippen LogP contribution in [0.25, 0.3) is 22.3 Å². The molecule has 0 amide bonds. The van der Waals surface area contributed by atoms with Crippen molar-refractivity contribution in [2.45, 2.75) is 6.92 Å². The van der Waals surface area contributed by atoms with Gasteiger partial charge in [0, 0.05) is 17.7 Å². The Morgan fingerprint density at radius 3 is 2.70 bits per heavy atom. The van der Waals surface area contributed by atoms with Gasteiger partial charge in [0.1, 0.15) is 17.1 Å². The third-order valence-electron chi connectivity index (χ3n) is 3.90. The Morgan fingerprint density at radius 2 is 1.87 bits per heavy atom. The maximum atomic E-state index is 12.4. The van der Waals surface area contributed by atoms with Crippen molar-refractivity contribution in [2.24, 2.45) is 0 Å². The Kier molecular flexibility index (Phi) is 3.01. The predicted molar refractivity (Wildman–Crippen MR) is 85.3 cm³/mol. The van der Waals surface area contributed by atoms with E-state index in [1.807, 2.05) is 13.0 Å². The van der Waals surface area contributed by atoms with Crippen molar-refractivity contribution in [1.82, 2.24) is 0 Å². The average Bonchev–Trinajstić information content (AvgIpc) is 3.02. The fourth-order valence-corrected chi connectivity index (χ4v) is 2.70. The number of fused-ring (bicyclic) bond motifs is 2. The summed E-state index contributed by atoms with van der Waals surface area (Å²) in [7, 11) is 1.59. The zero-order chi connectivity index (χ0) is 16.0. The van der Waals surface area contributed by atoms with Gasteiger partial charge in [-0.25, -0.2) is 0 Å². The molecule has 1 aromatic heterocycles. The third-order valence-corrected chi connectivity index (χ3v) is 3.90. The summed E-state index contributed by atoms with van der Waals surface area (Å²) in [4.78, 5) is 12.4. The van der Waals surface area contributed by atoms with Crippen LogP contribution in [0.3, 0.4) is 0 Å². The molecule has 4 rings (SSSR count). The first kappa shape index (κ1) is 13.7. The van der Waals surface area contributed by atoms with Crippen LogP contribution in [-0.4, -0.2) is 13.9 Å². The van der Waals surface area contributed by atoms with Gasteiger partial charge in [0.25, 0.3) is 0 Å². The number of rotatable bonds is 2. The minimum Gasteiger partial charge on any atom is -0.496 e. The van der Waals surface area contributed by atoms with Crippen molar-refractivity contribution in [2.75, 3.05) is 13.9 Å². The van der Waals surface area contributed by atoms with Crippen LogP contribution >= 0.6 is 0 Å². The minimum atomic E-state index is -0.0929. The smallest absolute Gasteiger partial charge is 0.231 e. The summed E-state index contributed by atoms with van der Waals surface area (Å²) in [6.45, 7) is 2.10. The van der Waals surface area contributed by atoms with E-state index in [0.29, 0.717) is 34.0 Å². The van der Waals surface area contributed by atoms with E-state index in [2.05, 4.69) is 0 Å². The highest BCUT2D eigenvalue weighted by atomic mass is 16.7. The second-order valence-corrected chi connectivity index (χ2v) is 5.36. The molecule has 2 heterocycles. The number of methoxy groups -OCH3 is 1. The van der Waals surface area contributed by atoms with Crippen molar-refractivity contribution < 1.29 is 18.6 Å². The van der Waals surface area contributed by atoms with E-state index in [4.69, 9.17) is 18.6 Å². The molecule has 0 aliphatic carbocycles. The van der Waals surface area contributed by atoms with Gasteiger partial charge in [0.2, 0.25) is 6.79 Å². The Balaban J connectivity index is 1.91. The Morgan fingerprint density at radius 1 is 1.04 bits per heavy atom. The maximum Gasteiger partial charge on any atom is 0.231 e. The molecule has 0 N–H and O–H groups in total. The number of aryl methyl sites for hydroxylation is 1. The van der Waals surface area contributed by atoms with Gasteiger partial charge in [-0.2, -0.15) is 0 Å². The summed E-state index contributed by atoms with van der Waals surface area (Å²) in [5.74, 6) is 2.50. The molecule has 5 nitrogen and oxygen atoms in total. The molecule has 0 atom stereocenters. The van der Waals surface area contributed by atoms with E-state index in [9.17, 15) is 4.79 Å². The molecule has 23 heavy (non-hydrogen) atoms. The fraction of sp³-hybridized carbons (Fsp3) is 0.167. The monoisotopic (exact) mass is 310 g/mol. The summed E-state index contributed by atoms with van der Waals surface area (Å²) in [5, 5.41) is 0.535. The summed E-state index contributed by atoms with van der Waals surface area (Å²) in [6, 6.07) is 10.5. The number of benzene rings is 2. The normalized spacial score (nSPS) is 12.6. The van der Waals surface area contributed by atoms with E-state index < -0.39 is 0 Å². The second-order valence-electron chi connectivity index (χ2n) is 5.36. The molecule has 0 saturated carbocycles. The van der Waals surface area contributed by atoms with E-state index in [-0.39, 0.29) is 12.2 Å². The number of ether oxygens (including phenoxy) is 3.